The summed E-state index contributed by atoms with van der Waals surface area (Å²) in [5, 5.41) is 4.22. The van der Waals surface area contributed by atoms with E-state index >= 15 is 0 Å². The standard InChI is InChI=1S/C17H20ClNS/c1-2-10-19-12-14-6-8-17(9-7-14)20-13-15-4-3-5-16(18)11-15/h3-9,11,19H,2,10,12-13H2,1H3. The molecule has 20 heavy (non-hydrogen) atoms. The van der Waals surface area contributed by atoms with Gasteiger partial charge in [0.25, 0.3) is 0 Å². The molecule has 3 heteroatoms. The molecular weight excluding hydrogens is 286 g/mol. The van der Waals surface area contributed by atoms with Crippen molar-refractivity contribution in [2.45, 2.75) is 30.5 Å². The highest BCUT2D eigenvalue weighted by Crippen LogP contribution is 2.24. The molecule has 0 fully saturated rings. The van der Waals surface area contributed by atoms with Crippen molar-refractivity contribution in [1.29, 1.82) is 0 Å². The minimum absolute atomic E-state index is 0.806. The van der Waals surface area contributed by atoms with E-state index in [2.05, 4.69) is 42.6 Å². The van der Waals surface area contributed by atoms with E-state index in [0.717, 1.165) is 23.9 Å². The van der Waals surface area contributed by atoms with Crippen molar-refractivity contribution in [2.75, 3.05) is 6.54 Å². The van der Waals surface area contributed by atoms with E-state index in [9.17, 15) is 0 Å². The van der Waals surface area contributed by atoms with Gasteiger partial charge in [0.15, 0.2) is 0 Å². The molecule has 1 nitrogen and oxygen atoms in total. The summed E-state index contributed by atoms with van der Waals surface area (Å²) in [6.07, 6.45) is 1.17. The lowest BCUT2D eigenvalue weighted by Gasteiger charge is -2.06. The molecule has 0 saturated heterocycles. The first kappa shape index (κ1) is 15.4. The van der Waals surface area contributed by atoms with Crippen LogP contribution in [0.4, 0.5) is 0 Å². The zero-order chi connectivity index (χ0) is 14.2. The maximum absolute atomic E-state index is 5.99. The molecule has 0 aliphatic heterocycles. The van der Waals surface area contributed by atoms with Gasteiger partial charge in [-0.05, 0) is 48.4 Å². The third-order valence-electron chi connectivity index (χ3n) is 2.97. The van der Waals surface area contributed by atoms with Gasteiger partial charge >= 0.3 is 0 Å². The van der Waals surface area contributed by atoms with Gasteiger partial charge in [0.05, 0.1) is 0 Å². The summed E-state index contributed by atoms with van der Waals surface area (Å²) in [6, 6.07) is 16.8. The molecular formula is C17H20ClNS. The molecule has 0 unspecified atom stereocenters. The van der Waals surface area contributed by atoms with E-state index in [-0.39, 0.29) is 0 Å². The lowest BCUT2D eigenvalue weighted by atomic mass is 10.2. The van der Waals surface area contributed by atoms with Crippen LogP contribution in [0.5, 0.6) is 0 Å². The van der Waals surface area contributed by atoms with E-state index in [1.54, 1.807) is 0 Å². The van der Waals surface area contributed by atoms with E-state index in [0.29, 0.717) is 0 Å². The molecule has 0 radical (unpaired) electrons. The minimum atomic E-state index is 0.806. The van der Waals surface area contributed by atoms with Crippen molar-refractivity contribution in [2.24, 2.45) is 0 Å². The molecule has 106 valence electrons. The Morgan fingerprint density at radius 2 is 1.85 bits per heavy atom. The van der Waals surface area contributed by atoms with Crippen LogP contribution in [0.15, 0.2) is 53.4 Å². The summed E-state index contributed by atoms with van der Waals surface area (Å²) < 4.78 is 0. The summed E-state index contributed by atoms with van der Waals surface area (Å²) in [6.45, 7) is 4.21. The predicted molar refractivity (Wildman–Crippen MR) is 89.5 cm³/mol. The zero-order valence-electron chi connectivity index (χ0n) is 11.7. The van der Waals surface area contributed by atoms with Gasteiger partial charge in [-0.2, -0.15) is 0 Å². The molecule has 0 aliphatic rings. The highest BCUT2D eigenvalue weighted by Gasteiger charge is 1.98. The highest BCUT2D eigenvalue weighted by atomic mass is 35.5. The van der Waals surface area contributed by atoms with Gasteiger partial charge in [-0.15, -0.1) is 11.8 Å². The normalized spacial score (nSPS) is 10.7. The number of nitrogens with one attached hydrogen (secondary N) is 1. The van der Waals surface area contributed by atoms with E-state index in [1.165, 1.54) is 22.4 Å². The van der Waals surface area contributed by atoms with Crippen molar-refractivity contribution in [3.8, 4) is 0 Å². The first-order valence-corrected chi connectivity index (χ1v) is 8.31. The Bertz CT molecular complexity index is 525. The third kappa shape index (κ3) is 5.20. The lowest BCUT2D eigenvalue weighted by molar-refractivity contribution is 0.675. The number of hydrogen-bond donors (Lipinski definition) is 1. The van der Waals surface area contributed by atoms with E-state index in [1.807, 2.05) is 30.0 Å². The van der Waals surface area contributed by atoms with Gasteiger partial charge in [-0.3, -0.25) is 0 Å². The van der Waals surface area contributed by atoms with Crippen LogP contribution >= 0.6 is 23.4 Å². The van der Waals surface area contributed by atoms with Crippen LogP contribution in [0, 0.1) is 0 Å². The number of hydrogen-bond acceptors (Lipinski definition) is 2. The molecule has 0 bridgehead atoms. The Morgan fingerprint density at radius 1 is 1.05 bits per heavy atom. The fraction of sp³-hybridized carbons (Fsp3) is 0.294. The van der Waals surface area contributed by atoms with Gasteiger partial charge in [0.1, 0.15) is 0 Å². The monoisotopic (exact) mass is 305 g/mol. The van der Waals surface area contributed by atoms with Crippen LogP contribution in [-0.2, 0) is 12.3 Å². The second-order valence-electron chi connectivity index (χ2n) is 4.74. The van der Waals surface area contributed by atoms with Gasteiger partial charge < -0.3 is 5.32 Å². The van der Waals surface area contributed by atoms with Crippen molar-refractivity contribution in [1.82, 2.24) is 5.32 Å². The molecule has 0 spiro atoms. The van der Waals surface area contributed by atoms with Crippen LogP contribution in [-0.4, -0.2) is 6.54 Å². The Balaban J connectivity index is 1.84. The Morgan fingerprint density at radius 3 is 2.55 bits per heavy atom. The predicted octanol–water partition coefficient (Wildman–Crippen LogP) is 5.13. The number of thioether (sulfide) groups is 1. The molecule has 2 rings (SSSR count). The molecule has 0 aromatic heterocycles. The minimum Gasteiger partial charge on any atom is -0.313 e. The molecule has 0 aliphatic carbocycles. The topological polar surface area (TPSA) is 12.0 Å². The van der Waals surface area contributed by atoms with Crippen molar-refractivity contribution >= 4 is 23.4 Å². The van der Waals surface area contributed by atoms with Gasteiger partial charge in [-0.25, -0.2) is 0 Å². The van der Waals surface area contributed by atoms with Crippen LogP contribution < -0.4 is 5.32 Å². The smallest absolute Gasteiger partial charge is 0.0409 e. The molecule has 0 atom stereocenters. The summed E-state index contributed by atoms with van der Waals surface area (Å²) in [5.41, 5.74) is 2.60. The molecule has 2 aromatic rings. The van der Waals surface area contributed by atoms with Crippen molar-refractivity contribution in [3.63, 3.8) is 0 Å². The second-order valence-corrected chi connectivity index (χ2v) is 6.22. The van der Waals surface area contributed by atoms with Gasteiger partial charge in [-0.1, -0.05) is 42.8 Å². The number of benzene rings is 2. The largest absolute Gasteiger partial charge is 0.313 e. The van der Waals surface area contributed by atoms with Crippen molar-refractivity contribution in [3.05, 3.63) is 64.7 Å². The van der Waals surface area contributed by atoms with Gasteiger partial charge in [0, 0.05) is 22.2 Å². The quantitative estimate of drug-likeness (QED) is 0.562. The number of rotatable bonds is 7. The van der Waals surface area contributed by atoms with Gasteiger partial charge in [0.2, 0.25) is 0 Å². The molecule has 0 saturated carbocycles. The Kier molecular flexibility index (Phi) is 6.44. The van der Waals surface area contributed by atoms with E-state index in [4.69, 9.17) is 11.6 Å². The SMILES string of the molecule is CCCNCc1ccc(SCc2cccc(Cl)c2)cc1. The Labute approximate surface area is 130 Å². The van der Waals surface area contributed by atoms with Crippen molar-refractivity contribution < 1.29 is 0 Å². The number of halogens is 1. The second kappa shape index (κ2) is 8.35. The maximum atomic E-state index is 5.99. The Hall–Kier alpha value is -0.960. The average molecular weight is 306 g/mol. The summed E-state index contributed by atoms with van der Waals surface area (Å²) in [4.78, 5) is 1.30. The highest BCUT2D eigenvalue weighted by molar-refractivity contribution is 7.98. The summed E-state index contributed by atoms with van der Waals surface area (Å²) in [5.74, 6) is 0.952. The van der Waals surface area contributed by atoms with Crippen LogP contribution in [0.25, 0.3) is 0 Å². The third-order valence-corrected chi connectivity index (χ3v) is 4.29. The maximum Gasteiger partial charge on any atom is 0.0409 e. The molecule has 1 N–H and O–H groups in total. The summed E-state index contributed by atoms with van der Waals surface area (Å²) in [7, 11) is 0. The average Bonchev–Trinajstić information content (AvgIpc) is 2.47. The summed E-state index contributed by atoms with van der Waals surface area (Å²) >= 11 is 7.83. The molecule has 2 aromatic carbocycles. The first-order chi connectivity index (χ1) is 9.78. The fourth-order valence-electron chi connectivity index (χ4n) is 1.91. The molecule has 0 amide bonds. The van der Waals surface area contributed by atoms with E-state index < -0.39 is 0 Å². The first-order valence-electron chi connectivity index (χ1n) is 6.95. The molecule has 0 heterocycles. The zero-order valence-corrected chi connectivity index (χ0v) is 13.3. The van der Waals surface area contributed by atoms with Crippen LogP contribution in [0.3, 0.4) is 0 Å². The lowest BCUT2D eigenvalue weighted by Crippen LogP contribution is -2.13. The van der Waals surface area contributed by atoms with Crippen LogP contribution in [0.1, 0.15) is 24.5 Å². The van der Waals surface area contributed by atoms with Crippen LogP contribution in [0.2, 0.25) is 5.02 Å². The fourth-order valence-corrected chi connectivity index (χ4v) is 2.96.